The third kappa shape index (κ3) is 6.10. The summed E-state index contributed by atoms with van der Waals surface area (Å²) in [5.74, 6) is -2.17. The Hall–Kier alpha value is -5.75. The van der Waals surface area contributed by atoms with E-state index in [9.17, 15) is 14.4 Å². The highest BCUT2D eigenvalue weighted by atomic mass is 19.1. The fraction of sp³-hybridized carbons (Fsp3) is 0.235. The third-order valence-electron chi connectivity index (χ3n) is 8.01. The van der Waals surface area contributed by atoms with Gasteiger partial charge in [-0.2, -0.15) is 10.5 Å². The Balaban J connectivity index is 1.28. The van der Waals surface area contributed by atoms with Crippen molar-refractivity contribution in [1.29, 1.82) is 10.5 Å². The molecule has 230 valence electrons. The summed E-state index contributed by atoms with van der Waals surface area (Å²) in [5.41, 5.74) is 1.09. The van der Waals surface area contributed by atoms with Crippen molar-refractivity contribution in [2.45, 2.75) is 38.8 Å². The molecule has 0 aliphatic heterocycles. The molecule has 12 heteroatoms. The zero-order valence-electron chi connectivity index (χ0n) is 24.6. The molecule has 0 radical (unpaired) electrons. The molecule has 2 aromatic carbocycles. The van der Waals surface area contributed by atoms with Crippen LogP contribution in [0.3, 0.4) is 0 Å². The van der Waals surface area contributed by atoms with Crippen LogP contribution in [0, 0.1) is 45.5 Å². The van der Waals surface area contributed by atoms with Crippen LogP contribution in [0.25, 0.3) is 22.4 Å². The number of halogens is 3. The number of aromatic nitrogens is 4. The first-order valence-electron chi connectivity index (χ1n) is 14.3. The molecule has 0 atom stereocenters. The van der Waals surface area contributed by atoms with Gasteiger partial charge in [-0.3, -0.25) is 0 Å². The number of rotatable bonds is 10. The average molecular weight is 623 g/mol. The lowest BCUT2D eigenvalue weighted by Crippen LogP contribution is -2.16. The number of nitriles is 2. The quantitative estimate of drug-likeness (QED) is 0.163. The first kappa shape index (κ1) is 30.3. The van der Waals surface area contributed by atoms with Crippen LogP contribution in [0.5, 0.6) is 5.88 Å². The number of carbonyl (C=O) groups excluding carboxylic acids is 1. The minimum absolute atomic E-state index is 0.0415. The van der Waals surface area contributed by atoms with Crippen molar-refractivity contribution in [1.82, 2.24) is 19.5 Å². The molecular formula is C34H25F3N6O3. The monoisotopic (exact) mass is 622 g/mol. The number of methoxy groups -OCH3 is 1. The number of esters is 1. The SMILES string of the molecule is COC(=O)c1ccc2nc(Cc3cc(F)c(-c4cccc(OCc5ccc(C#N)cc5F)n4)cc3F)n(CC3(CC#N)CC3)c2n1. The topological polar surface area (TPSA) is 127 Å². The van der Waals surface area contributed by atoms with Crippen LogP contribution >= 0.6 is 0 Å². The fourth-order valence-electron chi connectivity index (χ4n) is 5.26. The van der Waals surface area contributed by atoms with E-state index in [1.165, 1.54) is 37.4 Å². The molecule has 1 fully saturated rings. The summed E-state index contributed by atoms with van der Waals surface area (Å²) in [6.45, 7) is 0.200. The highest BCUT2D eigenvalue weighted by Gasteiger charge is 2.43. The molecular weight excluding hydrogens is 597 g/mol. The number of imidazole rings is 1. The number of carbonyl (C=O) groups is 1. The number of pyridine rings is 2. The standard InChI is InChI=1S/C34H25F3N6O3/c1-45-33(44)29-8-7-28-32(42-29)43(19-34(9-10-34)11-12-38)30(40-28)15-22-14-26(37)23(16-25(22)36)27-3-2-4-31(41-27)46-18-21-6-5-20(17-39)13-24(21)35/h2-8,13-14,16H,9-11,15,18-19H2,1H3. The van der Waals surface area contributed by atoms with E-state index in [0.717, 1.165) is 31.0 Å². The number of hydrogen-bond donors (Lipinski definition) is 0. The lowest BCUT2D eigenvalue weighted by atomic mass is 10.0. The largest absolute Gasteiger partial charge is 0.473 e. The second-order valence-electron chi connectivity index (χ2n) is 11.1. The van der Waals surface area contributed by atoms with Crippen molar-refractivity contribution < 1.29 is 27.4 Å². The lowest BCUT2D eigenvalue weighted by molar-refractivity contribution is 0.0594. The molecule has 1 saturated carbocycles. The molecule has 9 nitrogen and oxygen atoms in total. The van der Waals surface area contributed by atoms with Crippen LogP contribution < -0.4 is 4.74 Å². The first-order valence-corrected chi connectivity index (χ1v) is 14.3. The molecule has 5 aromatic rings. The number of fused-ring (bicyclic) bond motifs is 1. The number of hydrogen-bond acceptors (Lipinski definition) is 8. The van der Waals surface area contributed by atoms with Gasteiger partial charge < -0.3 is 14.0 Å². The predicted molar refractivity (Wildman–Crippen MR) is 159 cm³/mol. The summed E-state index contributed by atoms with van der Waals surface area (Å²) in [7, 11) is 1.25. The summed E-state index contributed by atoms with van der Waals surface area (Å²) in [6, 6.07) is 17.9. The van der Waals surface area contributed by atoms with E-state index in [2.05, 4.69) is 21.0 Å². The van der Waals surface area contributed by atoms with Crippen molar-refractivity contribution in [3.63, 3.8) is 0 Å². The Morgan fingerprint density at radius 1 is 0.957 bits per heavy atom. The van der Waals surface area contributed by atoms with E-state index >= 15 is 8.78 Å². The normalized spacial score (nSPS) is 13.2. The second kappa shape index (κ2) is 12.3. The Morgan fingerprint density at radius 3 is 2.48 bits per heavy atom. The molecule has 6 rings (SSSR count). The lowest BCUT2D eigenvalue weighted by Gasteiger charge is -2.16. The zero-order chi connectivity index (χ0) is 32.4. The van der Waals surface area contributed by atoms with E-state index in [0.29, 0.717) is 30.0 Å². The Kier molecular flexibility index (Phi) is 8.12. The van der Waals surface area contributed by atoms with Crippen LogP contribution in [0.4, 0.5) is 13.2 Å². The zero-order valence-corrected chi connectivity index (χ0v) is 24.6. The maximum Gasteiger partial charge on any atom is 0.356 e. The van der Waals surface area contributed by atoms with E-state index in [1.807, 2.05) is 6.07 Å². The summed E-state index contributed by atoms with van der Waals surface area (Å²) in [5, 5.41) is 18.3. The van der Waals surface area contributed by atoms with E-state index < -0.39 is 23.4 Å². The highest BCUT2D eigenvalue weighted by Crippen LogP contribution is 2.50. The van der Waals surface area contributed by atoms with Gasteiger partial charge in [-0.15, -0.1) is 0 Å². The van der Waals surface area contributed by atoms with E-state index in [4.69, 9.17) is 14.7 Å². The maximum absolute atomic E-state index is 15.6. The molecule has 1 aliphatic rings. The second-order valence-corrected chi connectivity index (χ2v) is 11.1. The molecule has 0 bridgehead atoms. The van der Waals surface area contributed by atoms with E-state index in [1.54, 1.807) is 16.7 Å². The van der Waals surface area contributed by atoms with Gasteiger partial charge in [-0.25, -0.2) is 32.9 Å². The maximum atomic E-state index is 15.6. The Bertz CT molecular complexity index is 2080. The number of ether oxygens (including phenoxy) is 2. The molecule has 46 heavy (non-hydrogen) atoms. The molecule has 1 aliphatic carbocycles. The van der Waals surface area contributed by atoms with Crippen LogP contribution in [0.1, 0.15) is 52.3 Å². The molecule has 0 amide bonds. The molecule has 0 N–H and O–H groups in total. The van der Waals surface area contributed by atoms with Gasteiger partial charge in [0, 0.05) is 42.0 Å². The smallest absolute Gasteiger partial charge is 0.356 e. The van der Waals surface area contributed by atoms with Gasteiger partial charge in [-0.05, 0) is 60.9 Å². The van der Waals surface area contributed by atoms with Gasteiger partial charge in [-0.1, -0.05) is 12.1 Å². The minimum Gasteiger partial charge on any atom is -0.473 e. The third-order valence-corrected chi connectivity index (χ3v) is 8.01. The summed E-state index contributed by atoms with van der Waals surface area (Å²) >= 11 is 0. The minimum atomic E-state index is -0.726. The van der Waals surface area contributed by atoms with Gasteiger partial charge in [0.2, 0.25) is 5.88 Å². The predicted octanol–water partition coefficient (Wildman–Crippen LogP) is 6.43. The van der Waals surface area contributed by atoms with Crippen LogP contribution in [0.15, 0.2) is 60.7 Å². The Labute approximate surface area is 261 Å². The van der Waals surface area contributed by atoms with Crippen molar-refractivity contribution in [3.05, 3.63) is 106 Å². The summed E-state index contributed by atoms with van der Waals surface area (Å²) in [4.78, 5) is 25.5. The Morgan fingerprint density at radius 2 is 1.76 bits per heavy atom. The van der Waals surface area contributed by atoms with Crippen molar-refractivity contribution in [2.24, 2.45) is 5.41 Å². The average Bonchev–Trinajstić information content (AvgIpc) is 3.74. The molecule has 0 saturated heterocycles. The van der Waals surface area contributed by atoms with Gasteiger partial charge in [0.1, 0.15) is 35.4 Å². The molecule has 3 aromatic heterocycles. The van der Waals surface area contributed by atoms with Crippen LogP contribution in [0.2, 0.25) is 0 Å². The van der Waals surface area contributed by atoms with Gasteiger partial charge >= 0.3 is 5.97 Å². The van der Waals surface area contributed by atoms with Crippen molar-refractivity contribution >= 4 is 17.1 Å². The van der Waals surface area contributed by atoms with Crippen molar-refractivity contribution in [2.75, 3.05) is 7.11 Å². The van der Waals surface area contributed by atoms with E-state index in [-0.39, 0.29) is 58.0 Å². The number of nitrogens with zero attached hydrogens (tertiary/aromatic N) is 6. The van der Waals surface area contributed by atoms with Crippen molar-refractivity contribution in [3.8, 4) is 29.3 Å². The highest BCUT2D eigenvalue weighted by molar-refractivity contribution is 5.89. The van der Waals surface area contributed by atoms with Crippen LogP contribution in [-0.4, -0.2) is 32.6 Å². The van der Waals surface area contributed by atoms with Gasteiger partial charge in [0.05, 0.1) is 30.5 Å². The van der Waals surface area contributed by atoms with Crippen LogP contribution in [-0.2, 0) is 24.3 Å². The first-order chi connectivity index (χ1) is 22.2. The number of benzene rings is 2. The fourth-order valence-corrected chi connectivity index (χ4v) is 5.26. The molecule has 0 spiro atoms. The molecule has 0 unspecified atom stereocenters. The molecule has 3 heterocycles. The van der Waals surface area contributed by atoms with Gasteiger partial charge in [0.25, 0.3) is 0 Å². The summed E-state index contributed by atoms with van der Waals surface area (Å²) in [6.07, 6.45) is 1.89. The van der Waals surface area contributed by atoms with Gasteiger partial charge in [0.15, 0.2) is 11.3 Å². The summed E-state index contributed by atoms with van der Waals surface area (Å²) < 4.78 is 57.6.